The number of carbonyl (C=O) groups excluding carboxylic acids is 2. The molecule has 3 N–H and O–H groups in total. The molecule has 1 atom stereocenters. The summed E-state index contributed by atoms with van der Waals surface area (Å²) < 4.78 is 5.78. The van der Waals surface area contributed by atoms with Gasteiger partial charge in [0.2, 0.25) is 0 Å². The minimum Gasteiger partial charge on any atom is -0.457 e. The van der Waals surface area contributed by atoms with Gasteiger partial charge in [-0.25, -0.2) is 0 Å². The van der Waals surface area contributed by atoms with Gasteiger partial charge in [0.1, 0.15) is 17.0 Å². The summed E-state index contributed by atoms with van der Waals surface area (Å²) in [4.78, 5) is 27.2. The Morgan fingerprint density at radius 1 is 1.00 bits per heavy atom. The smallest absolute Gasteiger partial charge is 0.255 e. The predicted octanol–water partition coefficient (Wildman–Crippen LogP) is 5.08. The maximum atomic E-state index is 13.0. The van der Waals surface area contributed by atoms with Crippen LogP contribution in [0.1, 0.15) is 48.7 Å². The molecule has 186 valence electrons. The molecule has 1 fully saturated rings. The standard InChI is InChI=1S/C29H32N4O3/c1-20(2)17-29(3)27(35)33(28(30)32-29)19-22-9-7-8-21(16-22)18-31-26(34)23-12-14-25(15-13-23)36-24-10-5-4-6-11-24/h4-16,20H,17-19H2,1-3H3,(H2,30,32)(H,31,34). The van der Waals surface area contributed by atoms with Gasteiger partial charge in [0.25, 0.3) is 11.8 Å². The molecule has 3 aromatic carbocycles. The number of rotatable bonds is 9. The maximum absolute atomic E-state index is 13.0. The number of ether oxygens (including phenoxy) is 1. The molecule has 2 amide bonds. The molecule has 7 heteroatoms. The largest absolute Gasteiger partial charge is 0.457 e. The molecule has 7 nitrogen and oxygen atoms in total. The summed E-state index contributed by atoms with van der Waals surface area (Å²) in [6, 6.07) is 24.2. The molecule has 1 heterocycles. The van der Waals surface area contributed by atoms with Crippen LogP contribution in [-0.2, 0) is 17.9 Å². The van der Waals surface area contributed by atoms with Crippen LogP contribution in [0.2, 0.25) is 0 Å². The fourth-order valence-electron chi connectivity index (χ4n) is 4.49. The van der Waals surface area contributed by atoms with Crippen LogP contribution in [-0.4, -0.2) is 28.2 Å². The Balaban J connectivity index is 1.34. The SMILES string of the molecule is CC(C)CC1(C)NC(=N)N(Cc2cccc(CNC(=O)c3ccc(Oc4ccccc4)cc3)c2)C1=O. The third kappa shape index (κ3) is 5.92. The fraction of sp³-hybridized carbons (Fsp3) is 0.276. The summed E-state index contributed by atoms with van der Waals surface area (Å²) in [5, 5.41) is 14.3. The molecule has 0 saturated carbocycles. The van der Waals surface area contributed by atoms with Crippen molar-refractivity contribution in [1.29, 1.82) is 5.41 Å². The lowest BCUT2D eigenvalue weighted by Crippen LogP contribution is -2.44. The highest BCUT2D eigenvalue weighted by molar-refractivity contribution is 6.07. The molecule has 0 bridgehead atoms. The number of guanidine groups is 1. The van der Waals surface area contributed by atoms with Gasteiger partial charge in [0, 0.05) is 12.1 Å². The first kappa shape index (κ1) is 25.0. The molecule has 0 spiro atoms. The van der Waals surface area contributed by atoms with Crippen molar-refractivity contribution in [2.24, 2.45) is 5.92 Å². The van der Waals surface area contributed by atoms with E-state index < -0.39 is 5.54 Å². The van der Waals surface area contributed by atoms with Crippen LogP contribution in [0, 0.1) is 11.3 Å². The molecule has 1 aliphatic rings. The molecule has 0 radical (unpaired) electrons. The zero-order valence-electron chi connectivity index (χ0n) is 20.9. The van der Waals surface area contributed by atoms with Gasteiger partial charge in [-0.2, -0.15) is 0 Å². The topological polar surface area (TPSA) is 94.5 Å². The summed E-state index contributed by atoms with van der Waals surface area (Å²) in [6.45, 7) is 6.65. The van der Waals surface area contributed by atoms with Crippen molar-refractivity contribution >= 4 is 17.8 Å². The average molecular weight is 485 g/mol. The van der Waals surface area contributed by atoms with Gasteiger partial charge >= 0.3 is 0 Å². The highest BCUT2D eigenvalue weighted by Gasteiger charge is 2.45. The van der Waals surface area contributed by atoms with Gasteiger partial charge in [0.15, 0.2) is 5.96 Å². The van der Waals surface area contributed by atoms with Crippen LogP contribution in [0.4, 0.5) is 0 Å². The number of amides is 2. The number of nitrogens with zero attached hydrogens (tertiary/aromatic N) is 1. The molecule has 0 aliphatic carbocycles. The second kappa shape index (κ2) is 10.6. The first-order chi connectivity index (χ1) is 17.2. The monoisotopic (exact) mass is 484 g/mol. The van der Waals surface area contributed by atoms with E-state index in [0.717, 1.165) is 16.9 Å². The van der Waals surface area contributed by atoms with E-state index in [1.54, 1.807) is 24.3 Å². The van der Waals surface area contributed by atoms with Gasteiger partial charge in [-0.15, -0.1) is 0 Å². The Kier molecular flexibility index (Phi) is 7.38. The summed E-state index contributed by atoms with van der Waals surface area (Å²) in [6.07, 6.45) is 0.663. The number of nitrogens with one attached hydrogen (secondary N) is 3. The average Bonchev–Trinajstić information content (AvgIpc) is 3.06. The fourth-order valence-corrected chi connectivity index (χ4v) is 4.49. The van der Waals surface area contributed by atoms with Crippen molar-refractivity contribution < 1.29 is 14.3 Å². The molecule has 36 heavy (non-hydrogen) atoms. The maximum Gasteiger partial charge on any atom is 0.255 e. The Morgan fingerprint density at radius 3 is 2.36 bits per heavy atom. The zero-order chi connectivity index (χ0) is 25.7. The van der Waals surface area contributed by atoms with E-state index in [4.69, 9.17) is 10.1 Å². The minimum absolute atomic E-state index is 0.0837. The number of benzene rings is 3. The summed E-state index contributed by atoms with van der Waals surface area (Å²) >= 11 is 0. The van der Waals surface area contributed by atoms with Gasteiger partial charge in [0.05, 0.1) is 6.54 Å². The number of carbonyl (C=O) groups is 2. The number of para-hydroxylation sites is 1. The molecule has 1 saturated heterocycles. The van der Waals surface area contributed by atoms with E-state index in [0.29, 0.717) is 36.7 Å². The number of hydrogen-bond donors (Lipinski definition) is 3. The zero-order valence-corrected chi connectivity index (χ0v) is 20.9. The highest BCUT2D eigenvalue weighted by atomic mass is 16.5. The van der Waals surface area contributed by atoms with E-state index in [9.17, 15) is 9.59 Å². The Labute approximate surface area is 212 Å². The Bertz CT molecular complexity index is 1240. The molecule has 4 rings (SSSR count). The summed E-state index contributed by atoms with van der Waals surface area (Å²) in [7, 11) is 0. The van der Waals surface area contributed by atoms with E-state index >= 15 is 0 Å². The minimum atomic E-state index is -0.751. The molecule has 3 aromatic rings. The van der Waals surface area contributed by atoms with Crippen LogP contribution in [0.5, 0.6) is 11.5 Å². The molecular formula is C29H32N4O3. The molecule has 1 unspecified atom stereocenters. The first-order valence-electron chi connectivity index (χ1n) is 12.1. The van der Waals surface area contributed by atoms with E-state index in [1.807, 2.05) is 61.5 Å². The van der Waals surface area contributed by atoms with E-state index in [-0.39, 0.29) is 17.8 Å². The normalized spacial score (nSPS) is 17.3. The van der Waals surface area contributed by atoms with Crippen LogP contribution in [0.3, 0.4) is 0 Å². The van der Waals surface area contributed by atoms with Crippen molar-refractivity contribution in [2.75, 3.05) is 0 Å². The molecular weight excluding hydrogens is 452 g/mol. The predicted molar refractivity (Wildman–Crippen MR) is 140 cm³/mol. The second-order valence-corrected chi connectivity index (χ2v) is 9.74. The lowest BCUT2D eigenvalue weighted by Gasteiger charge is -2.24. The van der Waals surface area contributed by atoms with Gasteiger partial charge in [-0.1, -0.05) is 56.3 Å². The van der Waals surface area contributed by atoms with Crippen LogP contribution in [0.15, 0.2) is 78.9 Å². The van der Waals surface area contributed by atoms with Crippen molar-refractivity contribution in [1.82, 2.24) is 15.5 Å². The van der Waals surface area contributed by atoms with E-state index in [1.165, 1.54) is 4.90 Å². The van der Waals surface area contributed by atoms with Crippen LogP contribution >= 0.6 is 0 Å². The van der Waals surface area contributed by atoms with E-state index in [2.05, 4.69) is 24.5 Å². The van der Waals surface area contributed by atoms with Gasteiger partial charge < -0.3 is 15.4 Å². The Morgan fingerprint density at radius 2 is 1.67 bits per heavy atom. The van der Waals surface area contributed by atoms with Crippen molar-refractivity contribution in [2.45, 2.75) is 45.8 Å². The summed E-state index contributed by atoms with van der Waals surface area (Å²) in [5.41, 5.74) is 1.61. The van der Waals surface area contributed by atoms with Crippen molar-refractivity contribution in [3.8, 4) is 11.5 Å². The quantitative estimate of drug-likeness (QED) is 0.395. The van der Waals surface area contributed by atoms with Crippen molar-refractivity contribution in [3.05, 3.63) is 95.6 Å². The third-order valence-corrected chi connectivity index (χ3v) is 6.08. The van der Waals surface area contributed by atoms with Crippen LogP contribution < -0.4 is 15.4 Å². The van der Waals surface area contributed by atoms with Gasteiger partial charge in [-0.3, -0.25) is 19.9 Å². The first-order valence-corrected chi connectivity index (χ1v) is 12.1. The van der Waals surface area contributed by atoms with Gasteiger partial charge in [-0.05, 0) is 66.8 Å². The second-order valence-electron chi connectivity index (χ2n) is 9.74. The molecule has 1 aliphatic heterocycles. The lowest BCUT2D eigenvalue weighted by molar-refractivity contribution is -0.131. The lowest BCUT2D eigenvalue weighted by atomic mass is 9.91. The van der Waals surface area contributed by atoms with Crippen molar-refractivity contribution in [3.63, 3.8) is 0 Å². The summed E-state index contributed by atoms with van der Waals surface area (Å²) in [5.74, 6) is 1.59. The third-order valence-electron chi connectivity index (χ3n) is 6.08. The highest BCUT2D eigenvalue weighted by Crippen LogP contribution is 2.26. The Hall–Kier alpha value is -4.13. The number of hydrogen-bond acceptors (Lipinski definition) is 4. The van der Waals surface area contributed by atoms with Crippen LogP contribution in [0.25, 0.3) is 0 Å². The molecule has 0 aromatic heterocycles.